The van der Waals surface area contributed by atoms with E-state index in [0.29, 0.717) is 17.4 Å². The Kier molecular flexibility index (Phi) is 4.35. The molecule has 0 saturated carbocycles. The fraction of sp³-hybridized carbons (Fsp3) is 0.412. The molecule has 3 rings (SSSR count). The molecule has 1 aromatic carbocycles. The molecule has 5 nitrogen and oxygen atoms in total. The summed E-state index contributed by atoms with van der Waals surface area (Å²) in [6.45, 7) is 1.83. The van der Waals surface area contributed by atoms with Crippen LogP contribution in [0.1, 0.15) is 18.6 Å². The van der Waals surface area contributed by atoms with E-state index >= 15 is 0 Å². The molecule has 122 valence electrons. The van der Waals surface area contributed by atoms with Crippen LogP contribution in [-0.2, 0) is 9.59 Å². The summed E-state index contributed by atoms with van der Waals surface area (Å²) in [7, 11) is 3.44. The Hall–Kier alpha value is -1.95. The molecule has 23 heavy (non-hydrogen) atoms. The molecular weight excluding hydrogens is 312 g/mol. The predicted molar refractivity (Wildman–Crippen MR) is 91.3 cm³/mol. The highest BCUT2D eigenvalue weighted by molar-refractivity contribution is 7.99. The molecule has 6 heteroatoms. The molecule has 2 atom stereocenters. The van der Waals surface area contributed by atoms with Gasteiger partial charge in [-0.25, -0.2) is 0 Å². The molecule has 1 fully saturated rings. The van der Waals surface area contributed by atoms with Gasteiger partial charge in [-0.3, -0.25) is 9.59 Å². The molecule has 1 aliphatic heterocycles. The molecule has 1 aliphatic rings. The molecule has 1 saturated heterocycles. The van der Waals surface area contributed by atoms with E-state index in [-0.39, 0.29) is 17.9 Å². The van der Waals surface area contributed by atoms with Crippen LogP contribution < -0.4 is 0 Å². The van der Waals surface area contributed by atoms with Crippen LogP contribution in [0.3, 0.4) is 0 Å². The number of rotatable bonds is 3. The minimum atomic E-state index is -0.404. The maximum absolute atomic E-state index is 12.8. The van der Waals surface area contributed by atoms with Gasteiger partial charge in [0.1, 0.15) is 17.4 Å². The number of thioether (sulfide) groups is 1. The zero-order chi connectivity index (χ0) is 16.6. The first-order valence-electron chi connectivity index (χ1n) is 7.57. The lowest BCUT2D eigenvalue weighted by Crippen LogP contribution is -2.47. The van der Waals surface area contributed by atoms with Gasteiger partial charge in [-0.2, -0.15) is 0 Å². The number of hydrogen-bond donors (Lipinski definition) is 0. The zero-order valence-electron chi connectivity index (χ0n) is 13.5. The largest absolute Gasteiger partial charge is 0.460 e. The molecule has 2 heterocycles. The SMILES string of the molecule is C[C@@H](C(=O)N1CSC[C@@H]1C(=O)N(C)C)c1cc2ccccc2o1. The molecule has 0 unspecified atom stereocenters. The van der Waals surface area contributed by atoms with Gasteiger partial charge in [0.2, 0.25) is 11.8 Å². The standard InChI is InChI=1S/C17H20N2O3S/c1-11(15-8-12-6-4-5-7-14(12)22-15)16(20)19-10-23-9-13(19)17(21)18(2)3/h4-8,11,13H,9-10H2,1-3H3/t11-,13-/m1/s1. The Bertz CT molecular complexity index is 707. The van der Waals surface area contributed by atoms with Crippen LogP contribution in [0.5, 0.6) is 0 Å². The second-order valence-corrected chi connectivity index (χ2v) is 6.96. The van der Waals surface area contributed by atoms with Crippen molar-refractivity contribution < 1.29 is 14.0 Å². The topological polar surface area (TPSA) is 53.8 Å². The Balaban J connectivity index is 1.82. The number of para-hydroxylation sites is 1. The van der Waals surface area contributed by atoms with Crippen molar-refractivity contribution >= 4 is 34.5 Å². The van der Waals surface area contributed by atoms with Crippen LogP contribution >= 0.6 is 11.8 Å². The van der Waals surface area contributed by atoms with Crippen LogP contribution in [0, 0.1) is 0 Å². The number of furan rings is 1. The van der Waals surface area contributed by atoms with E-state index in [0.717, 1.165) is 11.0 Å². The van der Waals surface area contributed by atoms with E-state index in [1.807, 2.05) is 37.3 Å². The van der Waals surface area contributed by atoms with Gasteiger partial charge in [-0.1, -0.05) is 18.2 Å². The molecule has 0 radical (unpaired) electrons. The summed E-state index contributed by atoms with van der Waals surface area (Å²) < 4.78 is 5.80. The summed E-state index contributed by atoms with van der Waals surface area (Å²) >= 11 is 1.61. The molecule has 2 amide bonds. The zero-order valence-corrected chi connectivity index (χ0v) is 14.3. The van der Waals surface area contributed by atoms with Crippen LogP contribution in [0.4, 0.5) is 0 Å². The number of carbonyl (C=O) groups is 2. The summed E-state index contributed by atoms with van der Waals surface area (Å²) in [5.41, 5.74) is 0.777. The third kappa shape index (κ3) is 2.95. The highest BCUT2D eigenvalue weighted by Gasteiger charge is 2.38. The lowest BCUT2D eigenvalue weighted by molar-refractivity contribution is -0.142. The smallest absolute Gasteiger partial charge is 0.245 e. The maximum Gasteiger partial charge on any atom is 0.245 e. The minimum absolute atomic E-state index is 0.0276. The van der Waals surface area contributed by atoms with Crippen molar-refractivity contribution in [2.45, 2.75) is 18.9 Å². The van der Waals surface area contributed by atoms with Gasteiger partial charge in [0.25, 0.3) is 0 Å². The van der Waals surface area contributed by atoms with E-state index in [9.17, 15) is 9.59 Å². The Morgan fingerprint density at radius 1 is 1.35 bits per heavy atom. The van der Waals surface area contributed by atoms with E-state index < -0.39 is 5.92 Å². The van der Waals surface area contributed by atoms with E-state index in [2.05, 4.69) is 0 Å². The van der Waals surface area contributed by atoms with E-state index in [1.54, 1.807) is 35.7 Å². The van der Waals surface area contributed by atoms with Crippen molar-refractivity contribution in [2.24, 2.45) is 0 Å². The van der Waals surface area contributed by atoms with Crippen molar-refractivity contribution in [1.82, 2.24) is 9.80 Å². The van der Waals surface area contributed by atoms with Gasteiger partial charge in [-0.15, -0.1) is 11.8 Å². The number of amides is 2. The van der Waals surface area contributed by atoms with Crippen molar-refractivity contribution in [1.29, 1.82) is 0 Å². The number of benzene rings is 1. The summed E-state index contributed by atoms with van der Waals surface area (Å²) in [4.78, 5) is 28.3. The van der Waals surface area contributed by atoms with Gasteiger partial charge in [-0.05, 0) is 19.1 Å². The molecule has 1 aromatic heterocycles. The Morgan fingerprint density at radius 2 is 2.09 bits per heavy atom. The second-order valence-electron chi connectivity index (χ2n) is 5.96. The van der Waals surface area contributed by atoms with E-state index in [4.69, 9.17) is 4.42 Å². The summed E-state index contributed by atoms with van der Waals surface area (Å²) in [5.74, 6) is 1.35. The highest BCUT2D eigenvalue weighted by atomic mass is 32.2. The fourth-order valence-electron chi connectivity index (χ4n) is 2.75. The van der Waals surface area contributed by atoms with Gasteiger partial charge in [0.15, 0.2) is 0 Å². The molecule has 0 aliphatic carbocycles. The maximum atomic E-state index is 12.8. The highest BCUT2D eigenvalue weighted by Crippen LogP contribution is 2.30. The van der Waals surface area contributed by atoms with Crippen LogP contribution in [0.2, 0.25) is 0 Å². The third-order valence-corrected chi connectivity index (χ3v) is 5.15. The summed E-state index contributed by atoms with van der Waals surface area (Å²) in [6, 6.07) is 9.23. The Morgan fingerprint density at radius 3 is 2.78 bits per heavy atom. The van der Waals surface area contributed by atoms with Gasteiger partial charge >= 0.3 is 0 Å². The van der Waals surface area contributed by atoms with E-state index in [1.165, 1.54) is 0 Å². The second kappa shape index (κ2) is 6.28. The minimum Gasteiger partial charge on any atom is -0.460 e. The van der Waals surface area contributed by atoms with Gasteiger partial charge in [0.05, 0.1) is 11.8 Å². The van der Waals surface area contributed by atoms with Crippen LogP contribution in [0.25, 0.3) is 11.0 Å². The first kappa shape index (κ1) is 15.9. The molecule has 0 bridgehead atoms. The number of fused-ring (bicyclic) bond motifs is 1. The molecule has 0 N–H and O–H groups in total. The molecular formula is C17H20N2O3S. The van der Waals surface area contributed by atoms with Crippen molar-refractivity contribution in [3.8, 4) is 0 Å². The Labute approximate surface area is 139 Å². The van der Waals surface area contributed by atoms with Gasteiger partial charge in [0, 0.05) is 25.2 Å². The first-order valence-corrected chi connectivity index (χ1v) is 8.72. The van der Waals surface area contributed by atoms with Crippen molar-refractivity contribution in [3.63, 3.8) is 0 Å². The lowest BCUT2D eigenvalue weighted by Gasteiger charge is -2.27. The lowest BCUT2D eigenvalue weighted by atomic mass is 10.1. The average molecular weight is 332 g/mol. The normalized spacial score (nSPS) is 19.1. The number of nitrogens with zero attached hydrogens (tertiary/aromatic N) is 2. The average Bonchev–Trinajstić information content (AvgIpc) is 3.18. The number of carbonyl (C=O) groups excluding carboxylic acids is 2. The van der Waals surface area contributed by atoms with Gasteiger partial charge < -0.3 is 14.2 Å². The predicted octanol–water partition coefficient (Wildman–Crippen LogP) is 2.53. The quantitative estimate of drug-likeness (QED) is 0.867. The first-order chi connectivity index (χ1) is 11.0. The van der Waals surface area contributed by atoms with Crippen LogP contribution in [-0.4, -0.2) is 53.4 Å². The number of hydrogen-bond acceptors (Lipinski definition) is 4. The molecule has 2 aromatic rings. The molecule has 0 spiro atoms. The van der Waals surface area contributed by atoms with Crippen molar-refractivity contribution in [3.05, 3.63) is 36.1 Å². The summed E-state index contributed by atoms with van der Waals surface area (Å²) in [5, 5.41) is 0.985. The monoisotopic (exact) mass is 332 g/mol. The fourth-order valence-corrected chi connectivity index (χ4v) is 3.90. The summed E-state index contributed by atoms with van der Waals surface area (Å²) in [6.07, 6.45) is 0. The number of likely N-dealkylation sites (N-methyl/N-ethyl adjacent to an activating group) is 1. The van der Waals surface area contributed by atoms with Crippen molar-refractivity contribution in [2.75, 3.05) is 25.7 Å². The third-order valence-electron chi connectivity index (χ3n) is 4.13. The van der Waals surface area contributed by atoms with Crippen LogP contribution in [0.15, 0.2) is 34.7 Å².